The molecule has 3 nitrogen and oxygen atoms in total. The Labute approximate surface area is 106 Å². The van der Waals surface area contributed by atoms with E-state index in [9.17, 15) is 13.6 Å². The Morgan fingerprint density at radius 3 is 2.71 bits per heavy atom. The number of rotatable bonds is 4. The van der Waals surface area contributed by atoms with Gasteiger partial charge in [0.2, 0.25) is 0 Å². The minimum Gasteiger partial charge on any atom is -0.496 e. The molecule has 0 aromatic heterocycles. The van der Waals surface area contributed by atoms with Crippen molar-refractivity contribution in [2.24, 2.45) is 0 Å². The molecule has 0 aliphatic heterocycles. The molecule has 6 heteroatoms. The van der Waals surface area contributed by atoms with Crippen LogP contribution in [0.15, 0.2) is 22.7 Å². The van der Waals surface area contributed by atoms with Crippen molar-refractivity contribution >= 4 is 21.8 Å². The summed E-state index contributed by atoms with van der Waals surface area (Å²) in [6.07, 6.45) is -2.99. The highest BCUT2D eigenvalue weighted by Crippen LogP contribution is 2.24. The first-order valence-corrected chi connectivity index (χ1v) is 5.60. The topological polar surface area (TPSA) is 29.5 Å². The van der Waals surface area contributed by atoms with Gasteiger partial charge in [-0.15, -0.1) is 0 Å². The lowest BCUT2D eigenvalue weighted by molar-refractivity contribution is -0.141. The summed E-state index contributed by atoms with van der Waals surface area (Å²) >= 11 is 3.27. The number of hydrogen-bond acceptors (Lipinski definition) is 2. The summed E-state index contributed by atoms with van der Waals surface area (Å²) in [5, 5.41) is 0. The molecule has 1 aromatic carbocycles. The van der Waals surface area contributed by atoms with Gasteiger partial charge in [-0.2, -0.15) is 8.78 Å². The highest BCUT2D eigenvalue weighted by atomic mass is 79.9. The van der Waals surface area contributed by atoms with E-state index < -0.39 is 12.3 Å². The summed E-state index contributed by atoms with van der Waals surface area (Å²) < 4.78 is 30.3. The number of hydrogen-bond donors (Lipinski definition) is 0. The average Bonchev–Trinajstić information content (AvgIpc) is 2.28. The fraction of sp³-hybridized carbons (Fsp3) is 0.364. The maximum atomic E-state index is 12.2. The first kappa shape index (κ1) is 13.9. The molecule has 0 fully saturated rings. The third-order valence-electron chi connectivity index (χ3n) is 2.21. The van der Waals surface area contributed by atoms with Gasteiger partial charge in [-0.25, -0.2) is 0 Å². The molecule has 1 aromatic rings. The highest BCUT2D eigenvalue weighted by Gasteiger charge is 2.21. The monoisotopic (exact) mass is 307 g/mol. The Morgan fingerprint density at radius 1 is 1.53 bits per heavy atom. The first-order chi connectivity index (χ1) is 7.95. The van der Waals surface area contributed by atoms with Crippen LogP contribution in [0.25, 0.3) is 0 Å². The van der Waals surface area contributed by atoms with Crippen LogP contribution in [0.3, 0.4) is 0 Å². The van der Waals surface area contributed by atoms with Crippen LogP contribution in [-0.4, -0.2) is 31.4 Å². The van der Waals surface area contributed by atoms with Crippen LogP contribution >= 0.6 is 15.9 Å². The van der Waals surface area contributed by atoms with Crippen molar-refractivity contribution in [1.29, 1.82) is 0 Å². The molecule has 0 heterocycles. The molecular formula is C11H12BrF2NO2. The van der Waals surface area contributed by atoms with Crippen molar-refractivity contribution in [2.75, 3.05) is 14.2 Å². The van der Waals surface area contributed by atoms with E-state index >= 15 is 0 Å². The lowest BCUT2D eigenvalue weighted by atomic mass is 10.2. The van der Waals surface area contributed by atoms with Gasteiger partial charge in [0, 0.05) is 23.6 Å². The van der Waals surface area contributed by atoms with E-state index in [0.29, 0.717) is 11.3 Å². The minimum absolute atomic E-state index is 0.0752. The predicted octanol–water partition coefficient (Wildman–Crippen LogP) is 2.68. The normalized spacial score (nSPS) is 10.5. The molecule has 0 aliphatic rings. The van der Waals surface area contributed by atoms with Gasteiger partial charge >= 0.3 is 6.43 Å². The molecule has 0 bridgehead atoms. The second-order valence-corrected chi connectivity index (χ2v) is 4.37. The van der Waals surface area contributed by atoms with Gasteiger partial charge < -0.3 is 9.64 Å². The lowest BCUT2D eigenvalue weighted by Crippen LogP contribution is -2.31. The van der Waals surface area contributed by atoms with Gasteiger partial charge in [0.15, 0.2) is 0 Å². The number of carbonyl (C=O) groups is 1. The predicted molar refractivity (Wildman–Crippen MR) is 63.2 cm³/mol. The number of ether oxygens (including phenoxy) is 1. The number of methoxy groups -OCH3 is 1. The Balaban J connectivity index is 2.87. The highest BCUT2D eigenvalue weighted by molar-refractivity contribution is 9.10. The van der Waals surface area contributed by atoms with E-state index in [1.165, 1.54) is 14.2 Å². The van der Waals surface area contributed by atoms with Crippen molar-refractivity contribution in [3.63, 3.8) is 0 Å². The molecule has 0 saturated heterocycles. The molecule has 94 valence electrons. The standard InChI is InChI=1S/C11H12BrF2NO2/c1-15(11(16)10(13)14)6-7-5-8(12)3-4-9(7)17-2/h3-5,10H,6H2,1-2H3. The summed E-state index contributed by atoms with van der Waals surface area (Å²) in [5.41, 5.74) is 0.665. The van der Waals surface area contributed by atoms with Gasteiger partial charge in [0.25, 0.3) is 5.91 Å². The van der Waals surface area contributed by atoms with E-state index in [1.807, 2.05) is 0 Å². The van der Waals surface area contributed by atoms with Crippen LogP contribution in [0.4, 0.5) is 8.78 Å². The van der Waals surface area contributed by atoms with E-state index in [-0.39, 0.29) is 6.54 Å². The van der Waals surface area contributed by atoms with Crippen LogP contribution in [0.2, 0.25) is 0 Å². The van der Waals surface area contributed by atoms with Crippen LogP contribution in [0.5, 0.6) is 5.75 Å². The largest absolute Gasteiger partial charge is 0.496 e. The quantitative estimate of drug-likeness (QED) is 0.856. The lowest BCUT2D eigenvalue weighted by Gasteiger charge is -2.18. The van der Waals surface area contributed by atoms with Crippen molar-refractivity contribution < 1.29 is 18.3 Å². The molecule has 0 radical (unpaired) electrons. The van der Waals surface area contributed by atoms with Crippen LogP contribution in [0.1, 0.15) is 5.56 Å². The van der Waals surface area contributed by atoms with E-state index in [0.717, 1.165) is 9.37 Å². The second-order valence-electron chi connectivity index (χ2n) is 3.45. The molecule has 0 saturated carbocycles. The summed E-state index contributed by atoms with van der Waals surface area (Å²) in [6, 6.07) is 5.21. The Bertz CT molecular complexity index is 412. The molecule has 17 heavy (non-hydrogen) atoms. The molecule has 0 atom stereocenters. The zero-order valence-corrected chi connectivity index (χ0v) is 11.0. The van der Waals surface area contributed by atoms with Crippen LogP contribution < -0.4 is 4.74 Å². The average molecular weight is 308 g/mol. The zero-order chi connectivity index (χ0) is 13.0. The maximum Gasteiger partial charge on any atom is 0.315 e. The SMILES string of the molecule is COc1ccc(Br)cc1CN(C)C(=O)C(F)F. The third kappa shape index (κ3) is 3.66. The van der Waals surface area contributed by atoms with Gasteiger partial charge in [0.1, 0.15) is 5.75 Å². The smallest absolute Gasteiger partial charge is 0.315 e. The Kier molecular flexibility index (Phi) is 4.86. The first-order valence-electron chi connectivity index (χ1n) is 4.81. The zero-order valence-electron chi connectivity index (χ0n) is 9.41. The van der Waals surface area contributed by atoms with Crippen molar-refractivity contribution in [1.82, 2.24) is 4.90 Å². The van der Waals surface area contributed by atoms with Gasteiger partial charge in [-0.1, -0.05) is 15.9 Å². The third-order valence-corrected chi connectivity index (χ3v) is 2.71. The number of halogens is 3. The molecular weight excluding hydrogens is 296 g/mol. The minimum atomic E-state index is -2.99. The van der Waals surface area contributed by atoms with E-state index in [4.69, 9.17) is 4.74 Å². The van der Waals surface area contributed by atoms with Crippen molar-refractivity contribution in [3.8, 4) is 5.75 Å². The molecule has 1 rings (SSSR count). The Morgan fingerprint density at radius 2 is 2.18 bits per heavy atom. The summed E-state index contributed by atoms with van der Waals surface area (Å²) in [7, 11) is 2.82. The fourth-order valence-corrected chi connectivity index (χ4v) is 1.78. The number of nitrogens with zero attached hydrogens (tertiary/aromatic N) is 1. The van der Waals surface area contributed by atoms with Gasteiger partial charge in [0.05, 0.1) is 7.11 Å². The molecule has 0 spiro atoms. The number of alkyl halides is 2. The summed E-state index contributed by atoms with van der Waals surface area (Å²) in [4.78, 5) is 12.0. The fourth-order valence-electron chi connectivity index (χ4n) is 1.37. The number of benzene rings is 1. The molecule has 1 amide bonds. The maximum absolute atomic E-state index is 12.2. The molecule has 0 aliphatic carbocycles. The Hall–Kier alpha value is -1.17. The number of amides is 1. The van der Waals surface area contributed by atoms with E-state index in [2.05, 4.69) is 15.9 Å². The number of carbonyl (C=O) groups excluding carboxylic acids is 1. The van der Waals surface area contributed by atoms with Crippen LogP contribution in [0, 0.1) is 0 Å². The van der Waals surface area contributed by atoms with Crippen molar-refractivity contribution in [2.45, 2.75) is 13.0 Å². The van der Waals surface area contributed by atoms with Crippen molar-refractivity contribution in [3.05, 3.63) is 28.2 Å². The molecule has 0 unspecified atom stereocenters. The summed E-state index contributed by atoms with van der Waals surface area (Å²) in [5.74, 6) is -0.644. The summed E-state index contributed by atoms with van der Waals surface area (Å²) in [6.45, 7) is 0.0752. The van der Waals surface area contributed by atoms with E-state index in [1.54, 1.807) is 18.2 Å². The van der Waals surface area contributed by atoms with Gasteiger partial charge in [-0.05, 0) is 18.2 Å². The van der Waals surface area contributed by atoms with Crippen LogP contribution in [-0.2, 0) is 11.3 Å². The molecule has 0 N–H and O–H groups in total. The van der Waals surface area contributed by atoms with Gasteiger partial charge in [-0.3, -0.25) is 4.79 Å². The second kappa shape index (κ2) is 5.95.